The molecule has 2 aliphatic rings. The quantitative estimate of drug-likeness (QED) is 0.526. The summed E-state index contributed by atoms with van der Waals surface area (Å²) in [6.07, 6.45) is 2.11. The van der Waals surface area contributed by atoms with Crippen molar-refractivity contribution in [3.05, 3.63) is 69.4 Å². The number of pyridine rings is 1. The summed E-state index contributed by atoms with van der Waals surface area (Å²) in [5, 5.41) is 11.6. The highest BCUT2D eigenvalue weighted by molar-refractivity contribution is 6.32. The molecule has 1 amide bonds. The molecule has 0 saturated carbocycles. The second-order valence-corrected chi connectivity index (χ2v) is 10.1. The number of nitrogens with zero attached hydrogens (tertiary/aromatic N) is 3. The van der Waals surface area contributed by atoms with E-state index in [4.69, 9.17) is 31.5 Å². The van der Waals surface area contributed by atoms with Gasteiger partial charge in [0.15, 0.2) is 17.3 Å². The van der Waals surface area contributed by atoms with Crippen LogP contribution in [0.2, 0.25) is 5.15 Å². The van der Waals surface area contributed by atoms with E-state index in [1.54, 1.807) is 18.2 Å². The van der Waals surface area contributed by atoms with E-state index in [2.05, 4.69) is 16.5 Å². The Morgan fingerprint density at radius 3 is 2.45 bits per heavy atom. The molecule has 0 fully saturated rings. The average Bonchev–Trinajstić information content (AvgIpc) is 2.88. The predicted molar refractivity (Wildman–Crippen MR) is 139 cm³/mol. The van der Waals surface area contributed by atoms with Crippen LogP contribution >= 0.6 is 11.6 Å². The van der Waals surface area contributed by atoms with E-state index in [9.17, 15) is 14.9 Å². The van der Waals surface area contributed by atoms with Crippen molar-refractivity contribution in [3.8, 4) is 23.3 Å². The Morgan fingerprint density at radius 2 is 1.84 bits per heavy atom. The lowest BCUT2D eigenvalue weighted by atomic mass is 9.69. The van der Waals surface area contributed by atoms with Crippen molar-refractivity contribution >= 4 is 23.3 Å². The molecule has 0 radical (unpaired) electrons. The minimum Gasteiger partial charge on any atom is -0.496 e. The Hall–Kier alpha value is -4.23. The predicted octanol–water partition coefficient (Wildman–Crippen LogP) is 3.84. The standard InChI is InChI=1S/C27H28ClN5O5/c1-27(2)11-17-23(18(34)12-27)22(15-9-20(37-4)21(38-5)10-19(15)36-3)16(13-29)25(30)33(17)32-26(35)14-7-6-8-31-24(14)28/h6-10,22H,11-12,30H2,1-5H3,(H,32,35). The number of rotatable bonds is 6. The molecular formula is C27H28ClN5O5. The van der Waals surface area contributed by atoms with Crippen LogP contribution in [0.15, 0.2) is 53.1 Å². The Labute approximate surface area is 225 Å². The van der Waals surface area contributed by atoms with Gasteiger partial charge in [-0.2, -0.15) is 5.26 Å². The molecule has 1 aliphatic carbocycles. The van der Waals surface area contributed by atoms with Crippen molar-refractivity contribution in [2.75, 3.05) is 21.3 Å². The van der Waals surface area contributed by atoms with Crippen LogP contribution in [0.25, 0.3) is 0 Å². The lowest BCUT2D eigenvalue weighted by Gasteiger charge is -2.43. The van der Waals surface area contributed by atoms with Crippen molar-refractivity contribution in [2.45, 2.75) is 32.6 Å². The first-order valence-electron chi connectivity index (χ1n) is 11.7. The lowest BCUT2D eigenvalue weighted by molar-refractivity contribution is -0.118. The second kappa shape index (κ2) is 10.3. The fraction of sp³-hybridized carbons (Fsp3) is 0.333. The number of hydrogen-bond acceptors (Lipinski definition) is 9. The zero-order valence-electron chi connectivity index (χ0n) is 21.7. The van der Waals surface area contributed by atoms with Gasteiger partial charge in [0.2, 0.25) is 0 Å². The molecule has 3 N–H and O–H groups in total. The summed E-state index contributed by atoms with van der Waals surface area (Å²) in [6, 6.07) is 8.56. The molecule has 0 spiro atoms. The molecule has 198 valence electrons. The molecule has 1 aromatic carbocycles. The van der Waals surface area contributed by atoms with Gasteiger partial charge in [-0.15, -0.1) is 0 Å². The third-order valence-corrected chi connectivity index (χ3v) is 6.95. The molecule has 1 atom stereocenters. The first kappa shape index (κ1) is 26.8. The van der Waals surface area contributed by atoms with Gasteiger partial charge in [0.25, 0.3) is 5.91 Å². The van der Waals surface area contributed by atoms with Gasteiger partial charge < -0.3 is 19.9 Å². The van der Waals surface area contributed by atoms with Gasteiger partial charge in [0, 0.05) is 29.8 Å². The van der Waals surface area contributed by atoms with Crippen LogP contribution in [0.4, 0.5) is 0 Å². The average molecular weight is 538 g/mol. The number of amides is 1. The number of Topliss-reactive ketones (excluding diaryl/α,β-unsaturated/α-hetero) is 1. The molecule has 38 heavy (non-hydrogen) atoms. The topological polar surface area (TPSA) is 140 Å². The maximum Gasteiger partial charge on any atom is 0.273 e. The summed E-state index contributed by atoms with van der Waals surface area (Å²) < 4.78 is 16.5. The number of ether oxygens (including phenoxy) is 3. The van der Waals surface area contributed by atoms with Gasteiger partial charge in [-0.3, -0.25) is 15.0 Å². The number of benzene rings is 1. The number of methoxy groups -OCH3 is 3. The molecular weight excluding hydrogens is 510 g/mol. The molecule has 0 saturated heterocycles. The largest absolute Gasteiger partial charge is 0.496 e. The first-order chi connectivity index (χ1) is 18.1. The van der Waals surface area contributed by atoms with Gasteiger partial charge in [-0.05, 0) is 30.0 Å². The molecule has 10 nitrogen and oxygen atoms in total. The highest BCUT2D eigenvalue weighted by Gasteiger charge is 2.46. The summed E-state index contributed by atoms with van der Waals surface area (Å²) in [6.45, 7) is 3.91. The van der Waals surface area contributed by atoms with Crippen molar-refractivity contribution in [1.82, 2.24) is 15.4 Å². The van der Waals surface area contributed by atoms with Crippen molar-refractivity contribution in [3.63, 3.8) is 0 Å². The number of aromatic nitrogens is 1. The van der Waals surface area contributed by atoms with E-state index in [1.165, 1.54) is 38.6 Å². The summed E-state index contributed by atoms with van der Waals surface area (Å²) in [5.41, 5.74) is 10.4. The highest BCUT2D eigenvalue weighted by Crippen LogP contribution is 2.51. The van der Waals surface area contributed by atoms with Gasteiger partial charge in [-0.25, -0.2) is 9.99 Å². The van der Waals surface area contributed by atoms with Crippen molar-refractivity contribution < 1.29 is 23.8 Å². The molecule has 0 bridgehead atoms. The summed E-state index contributed by atoms with van der Waals surface area (Å²) in [7, 11) is 4.47. The van der Waals surface area contributed by atoms with Crippen LogP contribution in [0, 0.1) is 16.7 Å². The van der Waals surface area contributed by atoms with E-state index in [1.807, 2.05) is 13.8 Å². The fourth-order valence-corrected chi connectivity index (χ4v) is 5.15. The smallest absolute Gasteiger partial charge is 0.273 e. The second-order valence-electron chi connectivity index (χ2n) is 9.71. The molecule has 11 heteroatoms. The number of nitrogens with one attached hydrogen (secondary N) is 1. The number of halogens is 1. The molecule has 2 aromatic rings. The highest BCUT2D eigenvalue weighted by atomic mass is 35.5. The number of hydrogen-bond donors (Lipinski definition) is 2. The molecule has 4 rings (SSSR count). The van der Waals surface area contributed by atoms with Gasteiger partial charge in [0.1, 0.15) is 16.7 Å². The number of carbonyl (C=O) groups is 2. The van der Waals surface area contributed by atoms with E-state index < -0.39 is 17.2 Å². The van der Waals surface area contributed by atoms with Crippen LogP contribution in [-0.2, 0) is 4.79 Å². The number of allylic oxidation sites excluding steroid dienone is 3. The minimum absolute atomic E-state index is 0.00672. The lowest BCUT2D eigenvalue weighted by Crippen LogP contribution is -2.50. The Bertz CT molecular complexity index is 1430. The zero-order chi connectivity index (χ0) is 27.8. The number of ketones is 1. The first-order valence-corrected chi connectivity index (χ1v) is 12.1. The van der Waals surface area contributed by atoms with Crippen LogP contribution in [0.5, 0.6) is 17.2 Å². The van der Waals surface area contributed by atoms with Crippen molar-refractivity contribution in [1.29, 1.82) is 5.26 Å². The summed E-state index contributed by atoms with van der Waals surface area (Å²) in [4.78, 5) is 30.9. The van der Waals surface area contributed by atoms with E-state index in [0.29, 0.717) is 40.5 Å². The zero-order valence-corrected chi connectivity index (χ0v) is 22.5. The SMILES string of the molecule is COc1cc(OC)c(C2C(C#N)=C(N)N(NC(=O)c3cccnc3Cl)C3=C2C(=O)CC(C)(C)C3)cc1OC. The number of hydrazine groups is 1. The third-order valence-electron chi connectivity index (χ3n) is 6.64. The van der Waals surface area contributed by atoms with Crippen LogP contribution < -0.4 is 25.4 Å². The maximum absolute atomic E-state index is 13.7. The maximum atomic E-state index is 13.7. The van der Waals surface area contributed by atoms with E-state index >= 15 is 0 Å². The molecule has 1 unspecified atom stereocenters. The number of nitriles is 1. The van der Waals surface area contributed by atoms with Crippen LogP contribution in [0.3, 0.4) is 0 Å². The van der Waals surface area contributed by atoms with Crippen molar-refractivity contribution in [2.24, 2.45) is 11.1 Å². The monoisotopic (exact) mass is 537 g/mol. The molecule has 1 aliphatic heterocycles. The molecule has 1 aromatic heterocycles. The van der Waals surface area contributed by atoms with Gasteiger partial charge in [-0.1, -0.05) is 25.4 Å². The van der Waals surface area contributed by atoms with Crippen LogP contribution in [0.1, 0.15) is 48.5 Å². The summed E-state index contributed by atoms with van der Waals surface area (Å²) >= 11 is 6.14. The van der Waals surface area contributed by atoms with Crippen LogP contribution in [-0.4, -0.2) is 43.0 Å². The molecule has 2 heterocycles. The Morgan fingerprint density at radius 1 is 1.18 bits per heavy atom. The minimum atomic E-state index is -0.858. The Kier molecular flexibility index (Phi) is 7.24. The Balaban J connectivity index is 1.94. The fourth-order valence-electron chi connectivity index (χ4n) is 4.94. The van der Waals surface area contributed by atoms with Gasteiger partial charge >= 0.3 is 0 Å². The van der Waals surface area contributed by atoms with E-state index in [0.717, 1.165) is 0 Å². The third kappa shape index (κ3) is 4.61. The normalized spacial score (nSPS) is 18.5. The number of carbonyl (C=O) groups excluding carboxylic acids is 2. The number of nitrogens with two attached hydrogens (primary N) is 1. The van der Waals surface area contributed by atoms with E-state index in [-0.39, 0.29) is 34.3 Å². The summed E-state index contributed by atoms with van der Waals surface area (Å²) in [5.74, 6) is -0.434. The van der Waals surface area contributed by atoms with Gasteiger partial charge in [0.05, 0.1) is 50.2 Å².